The molecular weight excluding hydrogens is 248 g/mol. The fourth-order valence-corrected chi connectivity index (χ4v) is 1.03. The normalized spacial score (nSPS) is 12.3. The number of hydrogen-bond acceptors (Lipinski definition) is 7. The van der Waals surface area contributed by atoms with E-state index in [1.807, 2.05) is 0 Å². The molecule has 3 N–H and O–H groups in total. The summed E-state index contributed by atoms with van der Waals surface area (Å²) in [6.07, 6.45) is -4.61. The highest BCUT2D eigenvalue weighted by Gasteiger charge is 2.17. The minimum Gasteiger partial charge on any atom is -0.464 e. The number of halogens is 2. The highest BCUT2D eigenvalue weighted by atomic mass is 19.3. The third-order valence-electron chi connectivity index (χ3n) is 1.87. The van der Waals surface area contributed by atoms with Gasteiger partial charge in [0.2, 0.25) is 11.9 Å². The van der Waals surface area contributed by atoms with Crippen molar-refractivity contribution < 1.29 is 18.6 Å². The number of aliphatic hydroxyl groups is 1. The Bertz CT molecular complexity index is 380. The van der Waals surface area contributed by atoms with E-state index in [0.717, 1.165) is 0 Å². The number of hydrogen-bond donors (Lipinski definition) is 3. The molecule has 1 unspecified atom stereocenters. The number of alkyl halides is 2. The molecule has 0 aromatic carbocycles. The van der Waals surface area contributed by atoms with Gasteiger partial charge in [-0.05, 0) is 6.92 Å². The molecule has 0 bridgehead atoms. The molecule has 9 heteroatoms. The Hall–Kier alpha value is -1.77. The Morgan fingerprint density at radius 2 is 1.94 bits per heavy atom. The summed E-state index contributed by atoms with van der Waals surface area (Å²) < 4.78 is 29.3. The van der Waals surface area contributed by atoms with E-state index in [-0.39, 0.29) is 24.5 Å². The number of anilines is 2. The maximum atomic E-state index is 12.1. The maximum absolute atomic E-state index is 12.1. The zero-order valence-corrected chi connectivity index (χ0v) is 10.0. The van der Waals surface area contributed by atoms with E-state index in [2.05, 4.69) is 25.6 Å². The van der Waals surface area contributed by atoms with Crippen LogP contribution in [0.3, 0.4) is 0 Å². The monoisotopic (exact) mass is 263 g/mol. The molecule has 0 aliphatic carbocycles. The number of nitrogens with zero attached hydrogens (tertiary/aromatic N) is 3. The third kappa shape index (κ3) is 4.24. The number of ether oxygens (including phenoxy) is 1. The summed E-state index contributed by atoms with van der Waals surface area (Å²) in [5.41, 5.74) is 0. The molecule has 102 valence electrons. The van der Waals surface area contributed by atoms with Gasteiger partial charge in [0.15, 0.2) is 0 Å². The lowest BCUT2D eigenvalue weighted by molar-refractivity contribution is 0.00376. The first-order valence-electron chi connectivity index (χ1n) is 5.33. The molecule has 0 aliphatic rings. The van der Waals surface area contributed by atoms with Crippen LogP contribution in [0.15, 0.2) is 0 Å². The van der Waals surface area contributed by atoms with Crippen LogP contribution < -0.4 is 15.4 Å². The van der Waals surface area contributed by atoms with Gasteiger partial charge in [0.05, 0.1) is 6.61 Å². The van der Waals surface area contributed by atoms with Crippen molar-refractivity contribution in [3.8, 4) is 6.01 Å². The second-order valence-electron chi connectivity index (χ2n) is 3.23. The molecule has 18 heavy (non-hydrogen) atoms. The van der Waals surface area contributed by atoms with E-state index >= 15 is 0 Å². The molecule has 0 amide bonds. The third-order valence-corrected chi connectivity index (χ3v) is 1.87. The maximum Gasteiger partial charge on any atom is 0.323 e. The molecule has 0 radical (unpaired) electrons. The quantitative estimate of drug-likeness (QED) is 0.653. The van der Waals surface area contributed by atoms with Crippen LogP contribution in [0.25, 0.3) is 0 Å². The van der Waals surface area contributed by atoms with E-state index in [1.54, 1.807) is 14.0 Å². The minimum absolute atomic E-state index is 0.0532. The lowest BCUT2D eigenvalue weighted by atomic mass is 10.4. The largest absolute Gasteiger partial charge is 0.464 e. The zero-order valence-electron chi connectivity index (χ0n) is 10.0. The van der Waals surface area contributed by atoms with E-state index in [9.17, 15) is 8.78 Å². The number of rotatable bonds is 7. The van der Waals surface area contributed by atoms with Crippen LogP contribution in [0.1, 0.15) is 6.92 Å². The van der Waals surface area contributed by atoms with Crippen molar-refractivity contribution >= 4 is 11.9 Å². The molecule has 0 fully saturated rings. The van der Waals surface area contributed by atoms with Crippen LogP contribution in [-0.2, 0) is 0 Å². The van der Waals surface area contributed by atoms with Crippen molar-refractivity contribution in [2.24, 2.45) is 0 Å². The summed E-state index contributed by atoms with van der Waals surface area (Å²) in [4.78, 5) is 11.6. The smallest absolute Gasteiger partial charge is 0.323 e. The van der Waals surface area contributed by atoms with Gasteiger partial charge in [-0.25, -0.2) is 8.78 Å². The Balaban J connectivity index is 2.71. The fraction of sp³-hybridized carbons (Fsp3) is 0.667. The molecule has 1 aromatic rings. The number of aliphatic hydroxyl groups excluding tert-OH is 1. The Morgan fingerprint density at radius 3 is 2.50 bits per heavy atom. The van der Waals surface area contributed by atoms with E-state index in [0.29, 0.717) is 6.61 Å². The van der Waals surface area contributed by atoms with Crippen molar-refractivity contribution in [3.63, 3.8) is 0 Å². The minimum atomic E-state index is -2.82. The fourth-order valence-electron chi connectivity index (χ4n) is 1.03. The highest BCUT2D eigenvalue weighted by Crippen LogP contribution is 2.11. The Kier molecular flexibility index (Phi) is 5.43. The van der Waals surface area contributed by atoms with Crippen LogP contribution in [0.2, 0.25) is 0 Å². The molecular formula is C9H15F2N5O2. The predicted octanol–water partition coefficient (Wildman–Crippen LogP) is 0.350. The van der Waals surface area contributed by atoms with E-state index < -0.39 is 12.5 Å². The molecule has 1 rings (SSSR count). The van der Waals surface area contributed by atoms with Gasteiger partial charge in [-0.1, -0.05) is 0 Å². The first kappa shape index (κ1) is 14.3. The SMILES string of the molecule is CCOc1nc(NC)nc(NCC(O)C(F)F)n1. The summed E-state index contributed by atoms with van der Waals surface area (Å²) in [5, 5.41) is 14.1. The van der Waals surface area contributed by atoms with Crippen LogP contribution >= 0.6 is 0 Å². The topological polar surface area (TPSA) is 92.2 Å². The van der Waals surface area contributed by atoms with Gasteiger partial charge >= 0.3 is 6.01 Å². The average Bonchev–Trinajstić information content (AvgIpc) is 2.35. The molecule has 1 heterocycles. The molecule has 1 atom stereocenters. The van der Waals surface area contributed by atoms with E-state index in [1.165, 1.54) is 0 Å². The van der Waals surface area contributed by atoms with Gasteiger partial charge in [-0.15, -0.1) is 0 Å². The van der Waals surface area contributed by atoms with Crippen molar-refractivity contribution in [1.29, 1.82) is 0 Å². The van der Waals surface area contributed by atoms with Gasteiger partial charge in [-0.3, -0.25) is 0 Å². The summed E-state index contributed by atoms with van der Waals surface area (Å²) in [7, 11) is 1.60. The molecule has 0 aliphatic heterocycles. The summed E-state index contributed by atoms with van der Waals surface area (Å²) >= 11 is 0. The van der Waals surface area contributed by atoms with Crippen molar-refractivity contribution in [1.82, 2.24) is 15.0 Å². The standard InChI is InChI=1S/C9H15F2N5O2/c1-3-18-9-15-7(12-2)14-8(16-9)13-4-5(17)6(10)11/h5-6,17H,3-4H2,1-2H3,(H2,12,13,14,15,16). The summed E-state index contributed by atoms with van der Waals surface area (Å²) in [6, 6.07) is 0.0749. The Morgan fingerprint density at radius 1 is 1.28 bits per heavy atom. The van der Waals surface area contributed by atoms with Crippen molar-refractivity contribution in [3.05, 3.63) is 0 Å². The van der Waals surface area contributed by atoms with Crippen LogP contribution in [0.5, 0.6) is 6.01 Å². The molecule has 0 saturated heterocycles. The predicted molar refractivity (Wildman–Crippen MR) is 61.0 cm³/mol. The highest BCUT2D eigenvalue weighted by molar-refractivity contribution is 5.35. The summed E-state index contributed by atoms with van der Waals surface area (Å²) in [5.74, 6) is 0.292. The zero-order chi connectivity index (χ0) is 13.5. The van der Waals surface area contributed by atoms with Gasteiger partial charge in [-0.2, -0.15) is 15.0 Å². The second-order valence-corrected chi connectivity index (χ2v) is 3.23. The number of aromatic nitrogens is 3. The van der Waals surface area contributed by atoms with Gasteiger partial charge in [0, 0.05) is 13.6 Å². The lowest BCUT2D eigenvalue weighted by Crippen LogP contribution is -2.27. The lowest BCUT2D eigenvalue weighted by Gasteiger charge is -2.11. The number of nitrogens with one attached hydrogen (secondary N) is 2. The molecule has 1 aromatic heterocycles. The molecule has 0 spiro atoms. The molecule has 7 nitrogen and oxygen atoms in total. The van der Waals surface area contributed by atoms with Crippen LogP contribution in [0, 0.1) is 0 Å². The van der Waals surface area contributed by atoms with Gasteiger partial charge < -0.3 is 20.5 Å². The van der Waals surface area contributed by atoms with Crippen molar-refractivity contribution in [2.45, 2.75) is 19.5 Å². The first-order valence-corrected chi connectivity index (χ1v) is 5.33. The van der Waals surface area contributed by atoms with E-state index in [4.69, 9.17) is 9.84 Å². The van der Waals surface area contributed by atoms with Crippen molar-refractivity contribution in [2.75, 3.05) is 30.8 Å². The molecule has 0 saturated carbocycles. The van der Waals surface area contributed by atoms with Gasteiger partial charge in [0.25, 0.3) is 6.43 Å². The van der Waals surface area contributed by atoms with Gasteiger partial charge in [0.1, 0.15) is 6.10 Å². The van der Waals surface area contributed by atoms with Crippen LogP contribution in [-0.4, -0.2) is 52.8 Å². The second kappa shape index (κ2) is 6.84. The van der Waals surface area contributed by atoms with Crippen LogP contribution in [0.4, 0.5) is 20.7 Å². The summed E-state index contributed by atoms with van der Waals surface area (Å²) in [6.45, 7) is 1.76. The average molecular weight is 263 g/mol. The Labute approximate surface area is 103 Å². The first-order chi connectivity index (χ1) is 8.56.